The number of ketones is 1. The van der Waals surface area contributed by atoms with Crippen LogP contribution in [0.4, 0.5) is 0 Å². The maximum absolute atomic E-state index is 12.7. The second-order valence-electron chi connectivity index (χ2n) is 7.23. The van der Waals surface area contributed by atoms with Gasteiger partial charge in [-0.15, -0.1) is 0 Å². The monoisotopic (exact) mass is 290 g/mol. The fraction of sp³-hybridized carbons (Fsp3) is 0.850. The van der Waals surface area contributed by atoms with E-state index in [-0.39, 0.29) is 5.92 Å². The van der Waals surface area contributed by atoms with Gasteiger partial charge in [0.2, 0.25) is 0 Å². The average Bonchev–Trinajstić information content (AvgIpc) is 2.69. The van der Waals surface area contributed by atoms with Gasteiger partial charge in [0.1, 0.15) is 0 Å². The predicted molar refractivity (Wildman–Crippen MR) is 90.4 cm³/mol. The number of hydrogen-bond donors (Lipinski definition) is 0. The van der Waals surface area contributed by atoms with Crippen molar-refractivity contribution >= 4 is 5.78 Å². The summed E-state index contributed by atoms with van der Waals surface area (Å²) < 4.78 is 0. The van der Waals surface area contributed by atoms with Crippen molar-refractivity contribution < 1.29 is 4.79 Å². The summed E-state index contributed by atoms with van der Waals surface area (Å²) in [5.74, 6) is 1.36. The minimum atomic E-state index is 0.273. The molecule has 1 heteroatoms. The van der Waals surface area contributed by atoms with Crippen LogP contribution >= 0.6 is 0 Å². The van der Waals surface area contributed by atoms with E-state index in [0.29, 0.717) is 11.7 Å². The van der Waals surface area contributed by atoms with E-state index >= 15 is 0 Å². The number of unbranched alkanes of at least 4 members (excludes halogenated alkanes) is 1. The van der Waals surface area contributed by atoms with Gasteiger partial charge in [0.25, 0.3) is 0 Å². The zero-order valence-electron chi connectivity index (χ0n) is 14.3. The quantitative estimate of drug-likeness (QED) is 0.602. The third-order valence-electron chi connectivity index (χ3n) is 5.64. The highest BCUT2D eigenvalue weighted by Crippen LogP contribution is 2.42. The maximum atomic E-state index is 12.7. The summed E-state index contributed by atoms with van der Waals surface area (Å²) in [5.41, 5.74) is 2.84. The van der Waals surface area contributed by atoms with Crippen LogP contribution in [0.1, 0.15) is 97.3 Å². The van der Waals surface area contributed by atoms with Crippen LogP contribution < -0.4 is 0 Å². The van der Waals surface area contributed by atoms with Crippen LogP contribution in [0.2, 0.25) is 0 Å². The molecule has 0 radical (unpaired) electrons. The minimum absolute atomic E-state index is 0.273. The number of hydrogen-bond acceptors (Lipinski definition) is 1. The first-order chi connectivity index (χ1) is 10.3. The molecule has 0 aromatic heterocycles. The smallest absolute Gasteiger partial charge is 0.162 e. The average molecular weight is 290 g/mol. The molecule has 0 N–H and O–H groups in total. The molecular weight excluding hydrogens is 256 g/mol. The van der Waals surface area contributed by atoms with Crippen molar-refractivity contribution in [1.29, 1.82) is 0 Å². The van der Waals surface area contributed by atoms with Gasteiger partial charge in [0, 0.05) is 5.92 Å². The number of carbonyl (C=O) groups is 1. The molecule has 2 atom stereocenters. The highest BCUT2D eigenvalue weighted by molar-refractivity contribution is 6.00. The first-order valence-corrected chi connectivity index (χ1v) is 9.51. The Morgan fingerprint density at radius 1 is 0.952 bits per heavy atom. The lowest BCUT2D eigenvalue weighted by Gasteiger charge is -2.20. The summed E-state index contributed by atoms with van der Waals surface area (Å²) in [6.45, 7) is 4.42. The molecule has 1 saturated carbocycles. The molecule has 0 heterocycles. The summed E-state index contributed by atoms with van der Waals surface area (Å²) in [6, 6.07) is 0. The van der Waals surface area contributed by atoms with Gasteiger partial charge < -0.3 is 0 Å². The van der Waals surface area contributed by atoms with Gasteiger partial charge >= 0.3 is 0 Å². The summed E-state index contributed by atoms with van der Waals surface area (Å²) in [4.78, 5) is 12.7. The van der Waals surface area contributed by atoms with Gasteiger partial charge in [-0.05, 0) is 43.6 Å². The molecule has 2 aliphatic rings. The van der Waals surface area contributed by atoms with Crippen molar-refractivity contribution in [3.63, 3.8) is 0 Å². The van der Waals surface area contributed by atoms with Crippen LogP contribution in [0.15, 0.2) is 11.1 Å². The Hall–Kier alpha value is -0.590. The largest absolute Gasteiger partial charge is 0.294 e. The predicted octanol–water partition coefficient (Wildman–Crippen LogP) is 6.22. The standard InChI is InChI=1S/C20H34O/c1-3-4-13-19-18-15-12-10-8-6-5-7-9-11-14-17(18)16(2)20(19)21/h16-17H,3-15H2,1-2H3. The van der Waals surface area contributed by atoms with Gasteiger partial charge in [0.15, 0.2) is 5.78 Å². The lowest BCUT2D eigenvalue weighted by atomic mass is 9.84. The van der Waals surface area contributed by atoms with Crippen molar-refractivity contribution in [3.8, 4) is 0 Å². The molecule has 0 aromatic rings. The SMILES string of the molecule is CCCCC1=C2CCCCCCCCCCC2C(C)C1=O. The van der Waals surface area contributed by atoms with Crippen molar-refractivity contribution in [2.75, 3.05) is 0 Å². The van der Waals surface area contributed by atoms with Crippen molar-refractivity contribution in [2.45, 2.75) is 97.3 Å². The highest BCUT2D eigenvalue weighted by Gasteiger charge is 2.37. The molecule has 1 fully saturated rings. The molecule has 0 aliphatic heterocycles. The van der Waals surface area contributed by atoms with Crippen LogP contribution in [0.3, 0.4) is 0 Å². The van der Waals surface area contributed by atoms with Gasteiger partial charge in [0.05, 0.1) is 0 Å². The van der Waals surface area contributed by atoms with Crippen molar-refractivity contribution in [1.82, 2.24) is 0 Å². The zero-order valence-corrected chi connectivity index (χ0v) is 14.3. The van der Waals surface area contributed by atoms with E-state index < -0.39 is 0 Å². The highest BCUT2D eigenvalue weighted by atomic mass is 16.1. The van der Waals surface area contributed by atoms with E-state index in [0.717, 1.165) is 6.42 Å². The van der Waals surface area contributed by atoms with E-state index in [4.69, 9.17) is 0 Å². The van der Waals surface area contributed by atoms with Crippen molar-refractivity contribution in [2.24, 2.45) is 11.8 Å². The Morgan fingerprint density at radius 3 is 2.24 bits per heavy atom. The molecule has 2 unspecified atom stereocenters. The Bertz CT molecular complexity index is 366. The van der Waals surface area contributed by atoms with Crippen LogP contribution in [0.25, 0.3) is 0 Å². The molecule has 21 heavy (non-hydrogen) atoms. The summed E-state index contributed by atoms with van der Waals surface area (Å²) in [7, 11) is 0. The van der Waals surface area contributed by atoms with E-state index in [1.165, 1.54) is 82.6 Å². The fourth-order valence-corrected chi connectivity index (χ4v) is 4.28. The fourth-order valence-electron chi connectivity index (χ4n) is 4.28. The number of rotatable bonds is 3. The van der Waals surface area contributed by atoms with E-state index in [1.54, 1.807) is 5.57 Å². The summed E-state index contributed by atoms with van der Waals surface area (Å²) in [6.07, 6.45) is 16.9. The Labute approximate surface area is 131 Å². The van der Waals surface area contributed by atoms with E-state index in [1.807, 2.05) is 0 Å². The molecule has 0 aromatic carbocycles. The number of carbonyl (C=O) groups excluding carboxylic acids is 1. The summed E-state index contributed by atoms with van der Waals surface area (Å²) in [5, 5.41) is 0. The first-order valence-electron chi connectivity index (χ1n) is 9.51. The van der Waals surface area contributed by atoms with Crippen LogP contribution in [-0.4, -0.2) is 5.78 Å². The third-order valence-corrected chi connectivity index (χ3v) is 5.64. The molecule has 0 spiro atoms. The molecule has 0 amide bonds. The molecule has 0 saturated heterocycles. The number of allylic oxidation sites excluding steroid dienone is 2. The van der Waals surface area contributed by atoms with E-state index in [2.05, 4.69) is 13.8 Å². The van der Waals surface area contributed by atoms with Crippen LogP contribution in [-0.2, 0) is 4.79 Å². The van der Waals surface area contributed by atoms with Crippen molar-refractivity contribution in [3.05, 3.63) is 11.1 Å². The Morgan fingerprint density at radius 2 is 1.57 bits per heavy atom. The topological polar surface area (TPSA) is 17.1 Å². The first kappa shape index (κ1) is 16.8. The molecule has 2 rings (SSSR count). The Balaban J connectivity index is 2.11. The van der Waals surface area contributed by atoms with Gasteiger partial charge in [-0.3, -0.25) is 4.79 Å². The van der Waals surface area contributed by atoms with Gasteiger partial charge in [-0.1, -0.05) is 70.8 Å². The second-order valence-corrected chi connectivity index (χ2v) is 7.23. The third kappa shape index (κ3) is 4.44. The normalized spacial score (nSPS) is 29.0. The molecule has 0 bridgehead atoms. The molecule has 1 nitrogen and oxygen atoms in total. The van der Waals surface area contributed by atoms with Crippen LogP contribution in [0, 0.1) is 11.8 Å². The lowest BCUT2D eigenvalue weighted by Crippen LogP contribution is -2.14. The summed E-state index contributed by atoms with van der Waals surface area (Å²) >= 11 is 0. The second kappa shape index (κ2) is 8.76. The zero-order chi connectivity index (χ0) is 15.1. The Kier molecular flexibility index (Phi) is 6.99. The molecular formula is C20H34O. The lowest BCUT2D eigenvalue weighted by molar-refractivity contribution is -0.118. The van der Waals surface area contributed by atoms with E-state index in [9.17, 15) is 4.79 Å². The number of fused-ring (bicyclic) bond motifs is 1. The van der Waals surface area contributed by atoms with Crippen LogP contribution in [0.5, 0.6) is 0 Å². The maximum Gasteiger partial charge on any atom is 0.162 e. The molecule has 120 valence electrons. The van der Waals surface area contributed by atoms with Gasteiger partial charge in [-0.25, -0.2) is 0 Å². The van der Waals surface area contributed by atoms with Gasteiger partial charge in [-0.2, -0.15) is 0 Å². The minimum Gasteiger partial charge on any atom is -0.294 e. The molecule has 2 aliphatic carbocycles. The number of Topliss-reactive ketones (excluding diaryl/α,β-unsaturated/α-hetero) is 1.